The number of nitrogens with one attached hydrogen (secondary N) is 1. The quantitative estimate of drug-likeness (QED) is 0.509. The van der Waals surface area contributed by atoms with E-state index in [9.17, 15) is 13.2 Å². The molecule has 0 radical (unpaired) electrons. The second-order valence-electron chi connectivity index (χ2n) is 7.49. The Morgan fingerprint density at radius 1 is 1.13 bits per heavy atom. The second kappa shape index (κ2) is 8.75. The SMILES string of the molecule is CC1CCCN(c2nccc(-c3cnc4ccc(C(F)(F)F)cn34)n2)C1.c1cn[nH]c1. The third-order valence-electron chi connectivity index (χ3n) is 5.08. The molecule has 5 heterocycles. The van der Waals surface area contributed by atoms with Gasteiger partial charge in [0.2, 0.25) is 5.95 Å². The lowest BCUT2D eigenvalue weighted by Gasteiger charge is -2.30. The Kier molecular flexibility index (Phi) is 5.88. The number of hydrogen-bond donors (Lipinski definition) is 1. The highest BCUT2D eigenvalue weighted by Gasteiger charge is 2.31. The lowest BCUT2D eigenvalue weighted by molar-refractivity contribution is -0.137. The van der Waals surface area contributed by atoms with Gasteiger partial charge in [0, 0.05) is 37.9 Å². The van der Waals surface area contributed by atoms with Crippen molar-refractivity contribution in [1.29, 1.82) is 0 Å². The smallest absolute Gasteiger partial charge is 0.341 e. The Hall–Kier alpha value is -3.43. The van der Waals surface area contributed by atoms with Crippen molar-refractivity contribution in [1.82, 2.24) is 29.5 Å². The fourth-order valence-corrected chi connectivity index (χ4v) is 3.57. The number of hydrogen-bond acceptors (Lipinski definition) is 5. The fourth-order valence-electron chi connectivity index (χ4n) is 3.57. The highest BCUT2D eigenvalue weighted by Crippen LogP contribution is 2.31. The summed E-state index contributed by atoms with van der Waals surface area (Å²) in [6.45, 7) is 3.97. The van der Waals surface area contributed by atoms with Crippen LogP contribution >= 0.6 is 0 Å². The van der Waals surface area contributed by atoms with Gasteiger partial charge in [-0.3, -0.25) is 9.50 Å². The van der Waals surface area contributed by atoms with Crippen molar-refractivity contribution in [3.05, 3.63) is 60.8 Å². The molecule has 1 atom stereocenters. The summed E-state index contributed by atoms with van der Waals surface area (Å²) in [5.41, 5.74) is 0.794. The van der Waals surface area contributed by atoms with E-state index >= 15 is 0 Å². The molecule has 0 aliphatic carbocycles. The summed E-state index contributed by atoms with van der Waals surface area (Å²) in [6.07, 6.45) is 5.56. The molecular formula is C21H22F3N7. The number of alkyl halides is 3. The van der Waals surface area contributed by atoms with Gasteiger partial charge in [-0.15, -0.1) is 0 Å². The number of aromatic nitrogens is 6. The third-order valence-corrected chi connectivity index (χ3v) is 5.08. The van der Waals surface area contributed by atoms with Gasteiger partial charge in [0.1, 0.15) is 5.65 Å². The van der Waals surface area contributed by atoms with E-state index in [1.54, 1.807) is 30.9 Å². The largest absolute Gasteiger partial charge is 0.417 e. The van der Waals surface area contributed by atoms with E-state index in [1.165, 1.54) is 16.9 Å². The summed E-state index contributed by atoms with van der Waals surface area (Å²) < 4.78 is 40.5. The van der Waals surface area contributed by atoms with Gasteiger partial charge in [-0.1, -0.05) is 6.92 Å². The van der Waals surface area contributed by atoms with Crippen LogP contribution in [0.3, 0.4) is 0 Å². The van der Waals surface area contributed by atoms with Gasteiger partial charge < -0.3 is 4.90 Å². The Balaban J connectivity index is 0.000000407. The number of pyridine rings is 1. The molecule has 0 amide bonds. The molecule has 7 nitrogen and oxygen atoms in total. The molecule has 1 saturated heterocycles. The molecular weight excluding hydrogens is 407 g/mol. The topological polar surface area (TPSA) is 75.0 Å². The molecule has 1 aliphatic heterocycles. The van der Waals surface area contributed by atoms with E-state index in [0.717, 1.165) is 31.8 Å². The first-order valence-electron chi connectivity index (χ1n) is 9.98. The Morgan fingerprint density at radius 2 is 2.00 bits per heavy atom. The molecule has 31 heavy (non-hydrogen) atoms. The normalized spacial score (nSPS) is 16.8. The zero-order valence-corrected chi connectivity index (χ0v) is 16.9. The molecule has 162 valence electrons. The van der Waals surface area contributed by atoms with Crippen LogP contribution in [0.1, 0.15) is 25.3 Å². The molecule has 4 aromatic heterocycles. The van der Waals surface area contributed by atoms with Crippen molar-refractivity contribution in [2.24, 2.45) is 5.92 Å². The third kappa shape index (κ3) is 4.84. The number of imidazole rings is 1. The van der Waals surface area contributed by atoms with Crippen LogP contribution in [-0.2, 0) is 6.18 Å². The number of anilines is 1. The highest BCUT2D eigenvalue weighted by atomic mass is 19.4. The average molecular weight is 429 g/mol. The summed E-state index contributed by atoms with van der Waals surface area (Å²) in [7, 11) is 0. The summed E-state index contributed by atoms with van der Waals surface area (Å²) in [4.78, 5) is 15.3. The average Bonchev–Trinajstić information content (AvgIpc) is 3.46. The highest BCUT2D eigenvalue weighted by molar-refractivity contribution is 5.61. The van der Waals surface area contributed by atoms with Gasteiger partial charge in [-0.05, 0) is 43.0 Å². The minimum Gasteiger partial charge on any atom is -0.341 e. The van der Waals surface area contributed by atoms with Crippen LogP contribution in [0.25, 0.3) is 17.0 Å². The van der Waals surface area contributed by atoms with Crippen LogP contribution < -0.4 is 4.90 Å². The van der Waals surface area contributed by atoms with Crippen LogP contribution in [0.5, 0.6) is 0 Å². The first-order valence-corrected chi connectivity index (χ1v) is 9.98. The molecule has 0 bridgehead atoms. The number of piperidine rings is 1. The van der Waals surface area contributed by atoms with Gasteiger partial charge >= 0.3 is 6.18 Å². The van der Waals surface area contributed by atoms with Crippen LogP contribution in [0.15, 0.2) is 55.2 Å². The second-order valence-corrected chi connectivity index (χ2v) is 7.49. The Morgan fingerprint density at radius 3 is 2.68 bits per heavy atom. The minimum atomic E-state index is -4.41. The predicted octanol–water partition coefficient (Wildman–Crippen LogP) is 4.46. The van der Waals surface area contributed by atoms with Crippen molar-refractivity contribution in [3.63, 3.8) is 0 Å². The maximum absolute atomic E-state index is 13.0. The van der Waals surface area contributed by atoms with E-state index in [4.69, 9.17) is 0 Å². The summed E-state index contributed by atoms with van der Waals surface area (Å²) in [5.74, 6) is 1.18. The zero-order chi connectivity index (χ0) is 21.8. The fraction of sp³-hybridized carbons (Fsp3) is 0.333. The van der Waals surface area contributed by atoms with Gasteiger partial charge in [0.05, 0.1) is 23.1 Å². The molecule has 5 rings (SSSR count). The summed E-state index contributed by atoms with van der Waals surface area (Å²) in [5, 5.41) is 6.21. The molecule has 0 aromatic carbocycles. The number of rotatable bonds is 2. The molecule has 0 saturated carbocycles. The number of H-pyrrole nitrogens is 1. The maximum Gasteiger partial charge on any atom is 0.417 e. The molecule has 1 aliphatic rings. The van der Waals surface area contributed by atoms with Gasteiger partial charge in [0.25, 0.3) is 0 Å². The van der Waals surface area contributed by atoms with Crippen molar-refractivity contribution < 1.29 is 13.2 Å². The minimum absolute atomic E-state index is 0.444. The van der Waals surface area contributed by atoms with E-state index in [-0.39, 0.29) is 0 Å². The number of halogens is 3. The van der Waals surface area contributed by atoms with Crippen LogP contribution in [0, 0.1) is 5.92 Å². The summed E-state index contributed by atoms with van der Waals surface area (Å²) >= 11 is 0. The first kappa shape index (κ1) is 20.8. The monoisotopic (exact) mass is 429 g/mol. The Bertz CT molecular complexity index is 1100. The van der Waals surface area contributed by atoms with E-state index in [1.807, 2.05) is 6.07 Å². The molecule has 4 aromatic rings. The van der Waals surface area contributed by atoms with E-state index in [0.29, 0.717) is 28.9 Å². The van der Waals surface area contributed by atoms with Gasteiger partial charge in [-0.25, -0.2) is 15.0 Å². The summed E-state index contributed by atoms with van der Waals surface area (Å²) in [6, 6.07) is 5.92. The number of nitrogens with zero attached hydrogens (tertiary/aromatic N) is 6. The molecule has 1 fully saturated rings. The Labute approximate surface area is 177 Å². The first-order chi connectivity index (χ1) is 14.9. The lowest BCUT2D eigenvalue weighted by Crippen LogP contribution is -2.35. The molecule has 0 spiro atoms. The predicted molar refractivity (Wildman–Crippen MR) is 110 cm³/mol. The van der Waals surface area contributed by atoms with Crippen molar-refractivity contribution in [2.75, 3.05) is 18.0 Å². The van der Waals surface area contributed by atoms with Crippen molar-refractivity contribution in [2.45, 2.75) is 25.9 Å². The van der Waals surface area contributed by atoms with Crippen molar-refractivity contribution >= 4 is 11.6 Å². The molecule has 10 heteroatoms. The maximum atomic E-state index is 13.0. The zero-order valence-electron chi connectivity index (χ0n) is 16.9. The molecule has 1 N–H and O–H groups in total. The van der Waals surface area contributed by atoms with E-state index < -0.39 is 11.7 Å². The van der Waals surface area contributed by atoms with Crippen LogP contribution in [0.2, 0.25) is 0 Å². The van der Waals surface area contributed by atoms with Gasteiger partial charge in [0.15, 0.2) is 0 Å². The standard InChI is InChI=1S/C18H18F3N5.C3H4N2/c1-12-3-2-8-25(10-12)17-22-7-6-14(24-17)15-9-23-16-5-4-13(11-26(15)16)18(19,20)21;1-2-4-5-3-1/h4-7,9,11-12H,2-3,8,10H2,1H3;1-3H,(H,4,5). The van der Waals surface area contributed by atoms with Crippen LogP contribution in [-0.4, -0.2) is 42.6 Å². The number of fused-ring (bicyclic) bond motifs is 1. The van der Waals surface area contributed by atoms with Gasteiger partial charge in [-0.2, -0.15) is 18.3 Å². The lowest BCUT2D eigenvalue weighted by atomic mass is 10.0. The van der Waals surface area contributed by atoms with E-state index in [2.05, 4.69) is 37.0 Å². The van der Waals surface area contributed by atoms with Crippen molar-refractivity contribution in [3.8, 4) is 11.4 Å². The van der Waals surface area contributed by atoms with Crippen LogP contribution in [0.4, 0.5) is 19.1 Å². The molecule has 1 unspecified atom stereocenters. The number of aromatic amines is 1.